The van der Waals surface area contributed by atoms with Crippen LogP contribution >= 0.6 is 0 Å². The Bertz CT molecular complexity index is 1090. The lowest BCUT2D eigenvalue weighted by Crippen LogP contribution is -2.29. The zero-order valence-corrected chi connectivity index (χ0v) is 19.0. The molecule has 1 heterocycles. The Balaban J connectivity index is 1.61. The summed E-state index contributed by atoms with van der Waals surface area (Å²) in [6, 6.07) is 9.98. The van der Waals surface area contributed by atoms with Crippen LogP contribution in [0.1, 0.15) is 86.2 Å². The van der Waals surface area contributed by atoms with Crippen LogP contribution in [0.3, 0.4) is 0 Å². The van der Waals surface area contributed by atoms with Gasteiger partial charge in [-0.2, -0.15) is 0 Å². The number of rotatable bonds is 4. The third-order valence-electron chi connectivity index (χ3n) is 5.99. The molecular weight excluding hydrogens is 404 g/mol. The lowest BCUT2D eigenvalue weighted by Gasteiger charge is -2.28. The predicted octanol–water partition coefficient (Wildman–Crippen LogP) is 5.32. The third kappa shape index (κ3) is 4.74. The van der Waals surface area contributed by atoms with E-state index >= 15 is 0 Å². The topological polar surface area (TPSA) is 92.8 Å². The second-order valence-corrected chi connectivity index (χ2v) is 9.69. The van der Waals surface area contributed by atoms with Crippen molar-refractivity contribution in [1.29, 1.82) is 0 Å². The fourth-order valence-electron chi connectivity index (χ4n) is 4.61. The third-order valence-corrected chi connectivity index (χ3v) is 5.99. The molecule has 2 aromatic rings. The summed E-state index contributed by atoms with van der Waals surface area (Å²) in [6.45, 7) is 5.95. The molecule has 0 saturated heterocycles. The number of fused-ring (bicyclic) bond motifs is 1. The highest BCUT2D eigenvalue weighted by Gasteiger charge is 2.33. The summed E-state index contributed by atoms with van der Waals surface area (Å²) in [5, 5.41) is 15.0. The first-order valence-electron chi connectivity index (χ1n) is 11.3. The number of carbonyl (C=O) groups excluding carboxylic acids is 2. The predicted molar refractivity (Wildman–Crippen MR) is 122 cm³/mol. The molecule has 0 amide bonds. The van der Waals surface area contributed by atoms with Crippen LogP contribution in [-0.2, 0) is 17.6 Å². The molecule has 0 aliphatic heterocycles. The van der Waals surface area contributed by atoms with Crippen LogP contribution < -0.4 is 0 Å². The van der Waals surface area contributed by atoms with Crippen LogP contribution in [-0.4, -0.2) is 33.1 Å². The molecule has 0 radical (unpaired) electrons. The first-order chi connectivity index (χ1) is 15.2. The van der Waals surface area contributed by atoms with Gasteiger partial charge in [-0.1, -0.05) is 35.5 Å². The van der Waals surface area contributed by atoms with E-state index in [2.05, 4.69) is 5.16 Å². The average Bonchev–Trinajstić information content (AvgIpc) is 3.16. The molecule has 168 valence electrons. The van der Waals surface area contributed by atoms with E-state index in [0.29, 0.717) is 60.4 Å². The van der Waals surface area contributed by atoms with Crippen molar-refractivity contribution in [3.8, 4) is 0 Å². The standard InChI is InChI=1S/C26H30N2O4/c1-26(2,3)27-19-14-17(16-8-5-4-6-9-16)15-22(31)24(19)21(30)13-12-18-25-20(29)10-7-11-23(25)32-28-18/h4-6,8-9,17,30H,7,10-15H2,1-3H3. The maximum Gasteiger partial charge on any atom is 0.168 e. The molecule has 1 aromatic heterocycles. The van der Waals surface area contributed by atoms with Crippen molar-refractivity contribution < 1.29 is 19.2 Å². The quantitative estimate of drug-likeness (QED) is 0.519. The zero-order valence-electron chi connectivity index (χ0n) is 19.0. The van der Waals surface area contributed by atoms with Crippen LogP contribution in [0.2, 0.25) is 0 Å². The highest BCUT2D eigenvalue weighted by molar-refractivity contribution is 6.24. The van der Waals surface area contributed by atoms with Crippen molar-refractivity contribution in [1.82, 2.24) is 5.16 Å². The SMILES string of the molecule is CC(C)(C)N=C1CC(c2ccccc2)CC(=O)C1=C(O)CCc1noc2c1C(=O)CCC2. The molecule has 6 nitrogen and oxygen atoms in total. The molecule has 1 aromatic carbocycles. The van der Waals surface area contributed by atoms with E-state index in [0.717, 1.165) is 12.0 Å². The zero-order chi connectivity index (χ0) is 22.9. The maximum atomic E-state index is 13.2. The van der Waals surface area contributed by atoms with Gasteiger partial charge in [0.1, 0.15) is 11.5 Å². The molecule has 1 atom stereocenters. The molecule has 1 unspecified atom stereocenters. The number of benzene rings is 1. The number of carbonyl (C=O) groups is 2. The number of aromatic nitrogens is 1. The van der Waals surface area contributed by atoms with E-state index < -0.39 is 0 Å². The van der Waals surface area contributed by atoms with Crippen molar-refractivity contribution in [2.75, 3.05) is 0 Å². The summed E-state index contributed by atoms with van der Waals surface area (Å²) >= 11 is 0. The summed E-state index contributed by atoms with van der Waals surface area (Å²) in [6.07, 6.45) is 3.48. The molecule has 6 heteroatoms. The Kier molecular flexibility index (Phi) is 6.13. The second-order valence-electron chi connectivity index (χ2n) is 9.69. The van der Waals surface area contributed by atoms with Crippen LogP contribution in [0.25, 0.3) is 0 Å². The first kappa shape index (κ1) is 22.2. The van der Waals surface area contributed by atoms with Crippen molar-refractivity contribution >= 4 is 17.3 Å². The monoisotopic (exact) mass is 434 g/mol. The minimum atomic E-state index is -0.378. The number of aryl methyl sites for hydroxylation is 2. The molecule has 1 N–H and O–H groups in total. The van der Waals surface area contributed by atoms with Crippen LogP contribution in [0, 0.1) is 0 Å². The maximum absolute atomic E-state index is 13.2. The molecule has 2 aliphatic carbocycles. The lowest BCUT2D eigenvalue weighted by atomic mass is 9.78. The Morgan fingerprint density at radius 1 is 1.12 bits per heavy atom. The first-order valence-corrected chi connectivity index (χ1v) is 11.3. The van der Waals surface area contributed by atoms with Gasteiger partial charge in [0.2, 0.25) is 0 Å². The average molecular weight is 435 g/mol. The Hall–Kier alpha value is -3.02. The van der Waals surface area contributed by atoms with Gasteiger partial charge >= 0.3 is 0 Å². The summed E-state index contributed by atoms with van der Waals surface area (Å²) in [5.74, 6) is 0.650. The molecule has 1 fully saturated rings. The van der Waals surface area contributed by atoms with Gasteiger partial charge in [0.15, 0.2) is 11.6 Å². The van der Waals surface area contributed by atoms with Crippen molar-refractivity contribution in [3.63, 3.8) is 0 Å². The minimum absolute atomic E-state index is 0.0181. The van der Waals surface area contributed by atoms with Gasteiger partial charge in [-0.15, -0.1) is 0 Å². The largest absolute Gasteiger partial charge is 0.511 e. The van der Waals surface area contributed by atoms with Crippen molar-refractivity contribution in [2.45, 2.75) is 77.2 Å². The van der Waals surface area contributed by atoms with E-state index in [1.54, 1.807) is 0 Å². The van der Waals surface area contributed by atoms with Crippen molar-refractivity contribution in [3.05, 3.63) is 64.2 Å². The smallest absolute Gasteiger partial charge is 0.168 e. The number of aliphatic hydroxyl groups is 1. The van der Waals surface area contributed by atoms with Gasteiger partial charge < -0.3 is 9.63 Å². The molecule has 2 aliphatic rings. The number of nitrogens with zero attached hydrogens (tertiary/aromatic N) is 2. The molecular formula is C26H30N2O4. The lowest BCUT2D eigenvalue weighted by molar-refractivity contribution is -0.116. The molecule has 0 bridgehead atoms. The van der Waals surface area contributed by atoms with E-state index in [9.17, 15) is 14.7 Å². The fourth-order valence-corrected chi connectivity index (χ4v) is 4.61. The van der Waals surface area contributed by atoms with E-state index in [1.165, 1.54) is 0 Å². The molecule has 4 rings (SSSR count). The van der Waals surface area contributed by atoms with Gasteiger partial charge in [0, 0.05) is 32.1 Å². The van der Waals surface area contributed by atoms with E-state index in [1.807, 2.05) is 51.1 Å². The number of hydrogen-bond donors (Lipinski definition) is 1. The molecule has 0 spiro atoms. The van der Waals surface area contributed by atoms with Gasteiger partial charge in [0.05, 0.1) is 28.1 Å². The minimum Gasteiger partial charge on any atom is -0.511 e. The fraction of sp³-hybridized carbons (Fsp3) is 0.462. The molecule has 32 heavy (non-hydrogen) atoms. The van der Waals surface area contributed by atoms with Gasteiger partial charge in [-0.25, -0.2) is 0 Å². The van der Waals surface area contributed by atoms with Gasteiger partial charge in [-0.05, 0) is 45.1 Å². The van der Waals surface area contributed by atoms with Crippen LogP contribution in [0.5, 0.6) is 0 Å². The Morgan fingerprint density at radius 2 is 1.88 bits per heavy atom. The van der Waals surface area contributed by atoms with Gasteiger partial charge in [-0.3, -0.25) is 14.6 Å². The van der Waals surface area contributed by atoms with E-state index in [-0.39, 0.29) is 35.2 Å². The van der Waals surface area contributed by atoms with Gasteiger partial charge in [0.25, 0.3) is 0 Å². The number of Topliss-reactive ketones (excluding diaryl/α,β-unsaturated/α-hetero) is 2. The summed E-state index contributed by atoms with van der Waals surface area (Å²) in [4.78, 5) is 30.3. The van der Waals surface area contributed by atoms with Crippen LogP contribution in [0.15, 0.2) is 51.2 Å². The highest BCUT2D eigenvalue weighted by Crippen LogP contribution is 2.35. The Morgan fingerprint density at radius 3 is 2.59 bits per heavy atom. The number of aliphatic imine (C=N–C) groups is 1. The molecule has 1 saturated carbocycles. The second kappa shape index (κ2) is 8.85. The highest BCUT2D eigenvalue weighted by atomic mass is 16.5. The van der Waals surface area contributed by atoms with Crippen LogP contribution in [0.4, 0.5) is 0 Å². The van der Waals surface area contributed by atoms with Crippen molar-refractivity contribution in [2.24, 2.45) is 4.99 Å². The van der Waals surface area contributed by atoms with E-state index in [4.69, 9.17) is 9.52 Å². The number of allylic oxidation sites excluding steroid dienone is 2. The summed E-state index contributed by atoms with van der Waals surface area (Å²) in [7, 11) is 0. The number of aliphatic hydroxyl groups excluding tert-OH is 1. The number of hydrogen-bond acceptors (Lipinski definition) is 6. The number of ketones is 2. The summed E-state index contributed by atoms with van der Waals surface area (Å²) in [5.41, 5.74) is 2.84. The summed E-state index contributed by atoms with van der Waals surface area (Å²) < 4.78 is 5.35. The normalized spacial score (nSPS) is 22.2. The Labute approximate surface area is 188 Å².